The minimum absolute atomic E-state index is 0.0258. The van der Waals surface area contributed by atoms with Gasteiger partial charge in [-0.3, -0.25) is 19.2 Å². The Morgan fingerprint density at radius 3 is 1.29 bits per heavy atom. The predicted molar refractivity (Wildman–Crippen MR) is 134 cm³/mol. The Labute approximate surface area is 230 Å². The Kier molecular flexibility index (Phi) is 7.87. The lowest BCUT2D eigenvalue weighted by molar-refractivity contribution is -0.173. The van der Waals surface area contributed by atoms with Crippen LogP contribution >= 0.6 is 31.9 Å². The number of anilines is 2. The van der Waals surface area contributed by atoms with Gasteiger partial charge in [0.25, 0.3) is 23.6 Å². The van der Waals surface area contributed by atoms with Crippen LogP contribution in [0.1, 0.15) is 46.4 Å². The molecule has 2 aromatic rings. The number of imide groups is 2. The van der Waals surface area contributed by atoms with Crippen LogP contribution in [0.4, 0.5) is 16.2 Å². The number of rotatable bonds is 6. The Bertz CT molecular complexity index is 1280. The molecule has 0 radical (unpaired) electrons. The first kappa shape index (κ1) is 26.9. The van der Waals surface area contributed by atoms with Gasteiger partial charge in [-0.2, -0.15) is 0 Å². The van der Waals surface area contributed by atoms with E-state index in [-0.39, 0.29) is 48.2 Å². The van der Waals surface area contributed by atoms with Gasteiger partial charge in [-0.1, -0.05) is 0 Å². The number of carbonyl (C=O) groups excluding carboxylic acids is 7. The summed E-state index contributed by atoms with van der Waals surface area (Å²) < 4.78 is 0.619. The summed E-state index contributed by atoms with van der Waals surface area (Å²) in [6.07, 6.45) is -0.122. The average molecular weight is 652 g/mol. The molecule has 0 aromatic heterocycles. The van der Waals surface area contributed by atoms with Crippen LogP contribution in [0.5, 0.6) is 0 Å². The summed E-state index contributed by atoms with van der Waals surface area (Å²) in [5.41, 5.74) is 0.614. The van der Waals surface area contributed by atoms with Crippen LogP contribution in [-0.4, -0.2) is 51.7 Å². The van der Waals surface area contributed by atoms with Gasteiger partial charge in [-0.25, -0.2) is 14.4 Å². The molecule has 15 heteroatoms. The summed E-state index contributed by atoms with van der Waals surface area (Å²) >= 11 is 6.48. The average Bonchev–Trinajstić information content (AvgIpc) is 3.36. The first-order valence-electron chi connectivity index (χ1n) is 10.9. The second-order valence-electron chi connectivity index (χ2n) is 7.89. The molecule has 2 heterocycles. The van der Waals surface area contributed by atoms with Crippen molar-refractivity contribution in [2.24, 2.45) is 0 Å². The molecular formula is C23H16Br2N4O9. The molecule has 2 aliphatic heterocycles. The number of benzene rings is 2. The Hall–Kier alpha value is -4.11. The Balaban J connectivity index is 1.36. The SMILES string of the molecule is O=C(Nc1ccc(C(=O)ON2C(=O)CCC2=O)cc1Br)Nc1ccc(C(=O)ON2C(=O)CCC2=O)cc1Br. The summed E-state index contributed by atoms with van der Waals surface area (Å²) in [6, 6.07) is 7.49. The minimum Gasteiger partial charge on any atom is -0.325 e. The van der Waals surface area contributed by atoms with Crippen molar-refractivity contribution in [3.8, 4) is 0 Å². The molecule has 0 bridgehead atoms. The number of nitrogens with zero attached hydrogens (tertiary/aromatic N) is 2. The van der Waals surface area contributed by atoms with Crippen LogP contribution < -0.4 is 10.6 Å². The van der Waals surface area contributed by atoms with Gasteiger partial charge in [0, 0.05) is 34.6 Å². The smallest absolute Gasteiger partial charge is 0.325 e. The normalized spacial score (nSPS) is 15.1. The van der Waals surface area contributed by atoms with E-state index in [4.69, 9.17) is 9.68 Å². The zero-order valence-electron chi connectivity index (χ0n) is 19.1. The number of nitrogens with one attached hydrogen (secondary N) is 2. The molecule has 2 N–H and O–H groups in total. The van der Waals surface area contributed by atoms with Gasteiger partial charge in [-0.15, -0.1) is 10.1 Å². The quantitative estimate of drug-likeness (QED) is 0.445. The van der Waals surface area contributed by atoms with Gasteiger partial charge < -0.3 is 20.3 Å². The van der Waals surface area contributed by atoms with Crippen LogP contribution in [0, 0.1) is 0 Å². The topological polar surface area (TPSA) is 168 Å². The molecule has 13 nitrogen and oxygen atoms in total. The van der Waals surface area contributed by atoms with E-state index in [2.05, 4.69) is 42.5 Å². The number of hydrogen-bond donors (Lipinski definition) is 2. The first-order chi connectivity index (χ1) is 18.0. The van der Waals surface area contributed by atoms with Gasteiger partial charge >= 0.3 is 18.0 Å². The van der Waals surface area contributed by atoms with Gasteiger partial charge in [0.1, 0.15) is 0 Å². The first-order valence-corrected chi connectivity index (χ1v) is 12.5. The lowest BCUT2D eigenvalue weighted by Crippen LogP contribution is -2.32. The largest absolute Gasteiger partial charge is 0.363 e. The molecule has 0 unspecified atom stereocenters. The molecule has 4 rings (SSSR count). The van der Waals surface area contributed by atoms with Crippen molar-refractivity contribution in [1.82, 2.24) is 10.1 Å². The van der Waals surface area contributed by atoms with E-state index >= 15 is 0 Å². The fourth-order valence-corrected chi connectivity index (χ4v) is 4.31. The molecule has 0 aliphatic carbocycles. The van der Waals surface area contributed by atoms with Crippen LogP contribution in [-0.2, 0) is 28.9 Å². The standard InChI is InChI=1S/C23H16Br2N4O9/c24-13-9-11(21(34)37-28-17(30)5-6-18(28)31)1-3-15(13)26-23(36)27-16-4-2-12(10-14(16)25)22(35)38-29-19(32)7-8-20(29)33/h1-4,9-10H,5-8H2,(H2,26,27,36). The summed E-state index contributed by atoms with van der Waals surface area (Å²) in [5.74, 6) is -4.27. The van der Waals surface area contributed by atoms with Crippen molar-refractivity contribution >= 4 is 84.8 Å². The molecule has 2 aliphatic rings. The lowest BCUT2D eigenvalue weighted by atomic mass is 10.2. The van der Waals surface area contributed by atoms with E-state index in [0.717, 1.165) is 0 Å². The number of urea groups is 1. The van der Waals surface area contributed by atoms with Crippen LogP contribution in [0.25, 0.3) is 0 Å². The molecule has 2 fully saturated rings. The zero-order valence-corrected chi connectivity index (χ0v) is 22.3. The third-order valence-electron chi connectivity index (χ3n) is 5.27. The summed E-state index contributed by atoms with van der Waals surface area (Å²) in [4.78, 5) is 93.3. The Morgan fingerprint density at radius 1 is 0.632 bits per heavy atom. The molecule has 2 saturated heterocycles. The fourth-order valence-electron chi connectivity index (χ4n) is 3.35. The molecular weight excluding hydrogens is 636 g/mol. The molecule has 0 spiro atoms. The van der Waals surface area contributed by atoms with Crippen LogP contribution in [0.2, 0.25) is 0 Å². The van der Waals surface area contributed by atoms with E-state index in [9.17, 15) is 33.6 Å². The molecule has 0 saturated carbocycles. The second kappa shape index (κ2) is 11.1. The van der Waals surface area contributed by atoms with Crippen molar-refractivity contribution in [2.45, 2.75) is 25.7 Å². The Morgan fingerprint density at radius 2 is 0.974 bits per heavy atom. The number of hydroxylamine groups is 4. The van der Waals surface area contributed by atoms with E-state index in [1.54, 1.807) is 0 Å². The summed E-state index contributed by atoms with van der Waals surface area (Å²) in [6.45, 7) is 0. The predicted octanol–water partition coefficient (Wildman–Crippen LogP) is 3.30. The van der Waals surface area contributed by atoms with E-state index in [0.29, 0.717) is 19.1 Å². The third kappa shape index (κ3) is 5.89. The molecule has 0 atom stereocenters. The fraction of sp³-hybridized carbons (Fsp3) is 0.174. The van der Waals surface area contributed by atoms with Gasteiger partial charge in [0.2, 0.25) is 0 Å². The lowest BCUT2D eigenvalue weighted by Gasteiger charge is -2.14. The number of halogens is 2. The van der Waals surface area contributed by atoms with E-state index in [1.807, 2.05) is 0 Å². The van der Waals surface area contributed by atoms with Gasteiger partial charge in [0.05, 0.1) is 22.5 Å². The number of carbonyl (C=O) groups is 7. The molecule has 6 amide bonds. The van der Waals surface area contributed by atoms with Crippen molar-refractivity contribution < 1.29 is 43.2 Å². The maximum atomic E-state index is 12.5. The highest BCUT2D eigenvalue weighted by Crippen LogP contribution is 2.27. The summed E-state index contributed by atoms with van der Waals surface area (Å²) in [7, 11) is 0. The highest BCUT2D eigenvalue weighted by Gasteiger charge is 2.34. The van der Waals surface area contributed by atoms with Crippen molar-refractivity contribution in [2.75, 3.05) is 10.6 Å². The van der Waals surface area contributed by atoms with Crippen LogP contribution in [0.3, 0.4) is 0 Å². The molecule has 2 aromatic carbocycles. The van der Waals surface area contributed by atoms with Gasteiger partial charge in [0.15, 0.2) is 0 Å². The van der Waals surface area contributed by atoms with Crippen LogP contribution in [0.15, 0.2) is 45.3 Å². The van der Waals surface area contributed by atoms with Crippen molar-refractivity contribution in [3.63, 3.8) is 0 Å². The van der Waals surface area contributed by atoms with Crippen molar-refractivity contribution in [1.29, 1.82) is 0 Å². The zero-order chi connectivity index (χ0) is 27.6. The highest BCUT2D eigenvalue weighted by molar-refractivity contribution is 9.11. The van der Waals surface area contributed by atoms with E-state index in [1.165, 1.54) is 36.4 Å². The highest BCUT2D eigenvalue weighted by atomic mass is 79.9. The number of hydrogen-bond acceptors (Lipinski definition) is 9. The maximum absolute atomic E-state index is 12.5. The third-order valence-corrected chi connectivity index (χ3v) is 6.58. The molecule has 38 heavy (non-hydrogen) atoms. The number of amides is 6. The van der Waals surface area contributed by atoms with E-state index < -0.39 is 41.6 Å². The van der Waals surface area contributed by atoms with Gasteiger partial charge in [-0.05, 0) is 68.3 Å². The second-order valence-corrected chi connectivity index (χ2v) is 9.60. The van der Waals surface area contributed by atoms with Crippen molar-refractivity contribution in [3.05, 3.63) is 56.5 Å². The maximum Gasteiger partial charge on any atom is 0.363 e. The monoisotopic (exact) mass is 650 g/mol. The minimum atomic E-state index is -0.925. The molecule has 196 valence electrons. The summed E-state index contributed by atoms with van der Waals surface area (Å²) in [5, 5.41) is 6.02.